The van der Waals surface area contributed by atoms with Crippen LogP contribution in [0.25, 0.3) is 0 Å². The van der Waals surface area contributed by atoms with Crippen molar-refractivity contribution in [3.05, 3.63) is 71.3 Å². The fourth-order valence-electron chi connectivity index (χ4n) is 3.76. The van der Waals surface area contributed by atoms with E-state index in [2.05, 4.69) is 12.1 Å². The summed E-state index contributed by atoms with van der Waals surface area (Å²) < 4.78 is 0. The minimum Gasteiger partial charge on any atom is -0.339 e. The summed E-state index contributed by atoms with van der Waals surface area (Å²) in [6, 6.07) is 18.1. The predicted molar refractivity (Wildman–Crippen MR) is 109 cm³/mol. The number of amides is 2. The molecule has 0 N–H and O–H groups in total. The number of rotatable bonds is 5. The summed E-state index contributed by atoms with van der Waals surface area (Å²) in [7, 11) is 0. The number of carbonyl (C=O) groups excluding carboxylic acids is 2. The van der Waals surface area contributed by atoms with E-state index in [1.165, 1.54) is 5.56 Å². The number of carbonyl (C=O) groups is 2. The molecule has 2 fully saturated rings. The van der Waals surface area contributed by atoms with Crippen LogP contribution < -0.4 is 0 Å². The molecule has 4 rings (SSSR count). The van der Waals surface area contributed by atoms with Crippen molar-refractivity contribution in [3.8, 4) is 0 Å². The van der Waals surface area contributed by atoms with Crippen LogP contribution in [-0.4, -0.2) is 47.0 Å². The van der Waals surface area contributed by atoms with E-state index in [-0.39, 0.29) is 17.2 Å². The van der Waals surface area contributed by atoms with Gasteiger partial charge in [-0.1, -0.05) is 42.5 Å². The molecule has 0 saturated carbocycles. The highest BCUT2D eigenvalue weighted by molar-refractivity contribution is 8.00. The standard InChI is InChI=1S/C22H24N2O2S/c25-20-16-27-22(24(20)15-12-17-6-2-1-3-7-17)19-10-8-18(9-11-19)21(26)23-13-4-5-14-23/h1-3,6-11,22H,4-5,12-16H2/t22-/m1/s1. The Kier molecular flexibility index (Phi) is 5.48. The monoisotopic (exact) mass is 380 g/mol. The Morgan fingerprint density at radius 1 is 1.00 bits per heavy atom. The quantitative estimate of drug-likeness (QED) is 0.793. The van der Waals surface area contributed by atoms with Crippen LogP contribution in [0.1, 0.15) is 39.7 Å². The van der Waals surface area contributed by atoms with Crippen LogP contribution in [0.5, 0.6) is 0 Å². The molecule has 2 amide bonds. The van der Waals surface area contributed by atoms with Gasteiger partial charge in [-0.3, -0.25) is 9.59 Å². The van der Waals surface area contributed by atoms with Crippen molar-refractivity contribution in [1.82, 2.24) is 9.80 Å². The summed E-state index contributed by atoms with van der Waals surface area (Å²) in [5, 5.41) is 0.0390. The van der Waals surface area contributed by atoms with E-state index in [0.717, 1.165) is 50.0 Å². The van der Waals surface area contributed by atoms with E-state index in [1.54, 1.807) is 11.8 Å². The van der Waals surface area contributed by atoms with Crippen LogP contribution in [0.4, 0.5) is 0 Å². The molecule has 1 atom stereocenters. The number of likely N-dealkylation sites (tertiary alicyclic amines) is 1. The lowest BCUT2D eigenvalue weighted by Crippen LogP contribution is -2.30. The van der Waals surface area contributed by atoms with Gasteiger partial charge in [-0.05, 0) is 42.5 Å². The Hall–Kier alpha value is -2.27. The predicted octanol–water partition coefficient (Wildman–Crippen LogP) is 3.74. The lowest BCUT2D eigenvalue weighted by atomic mass is 10.1. The zero-order valence-corrected chi connectivity index (χ0v) is 16.2. The number of thioether (sulfide) groups is 1. The molecule has 4 nitrogen and oxygen atoms in total. The van der Waals surface area contributed by atoms with Crippen molar-refractivity contribution >= 4 is 23.6 Å². The van der Waals surface area contributed by atoms with E-state index < -0.39 is 0 Å². The van der Waals surface area contributed by atoms with E-state index in [4.69, 9.17) is 0 Å². The van der Waals surface area contributed by atoms with Gasteiger partial charge in [-0.25, -0.2) is 0 Å². The third-order valence-electron chi connectivity index (χ3n) is 5.29. The topological polar surface area (TPSA) is 40.6 Å². The molecule has 0 aliphatic carbocycles. The van der Waals surface area contributed by atoms with Crippen LogP contribution in [0, 0.1) is 0 Å². The molecule has 0 unspecified atom stereocenters. The van der Waals surface area contributed by atoms with Crippen LogP contribution in [0.2, 0.25) is 0 Å². The van der Waals surface area contributed by atoms with Crippen molar-refractivity contribution in [1.29, 1.82) is 0 Å². The molecule has 2 heterocycles. The maximum atomic E-state index is 12.5. The van der Waals surface area contributed by atoms with Crippen molar-refractivity contribution in [2.45, 2.75) is 24.6 Å². The molecule has 0 spiro atoms. The van der Waals surface area contributed by atoms with Gasteiger partial charge in [0.2, 0.25) is 5.91 Å². The summed E-state index contributed by atoms with van der Waals surface area (Å²) in [6.45, 7) is 2.44. The first kappa shape index (κ1) is 18.1. The van der Waals surface area contributed by atoms with Gasteiger partial charge in [0.05, 0.1) is 5.75 Å². The summed E-state index contributed by atoms with van der Waals surface area (Å²) in [6.07, 6.45) is 3.05. The van der Waals surface area contributed by atoms with Crippen LogP contribution >= 0.6 is 11.8 Å². The van der Waals surface area contributed by atoms with Gasteiger partial charge in [0, 0.05) is 25.2 Å². The van der Waals surface area contributed by atoms with Crippen molar-refractivity contribution in [2.75, 3.05) is 25.4 Å². The summed E-state index contributed by atoms with van der Waals surface area (Å²) in [5.74, 6) is 0.835. The van der Waals surface area contributed by atoms with E-state index in [0.29, 0.717) is 5.75 Å². The second-order valence-corrected chi connectivity index (χ2v) is 8.18. The highest BCUT2D eigenvalue weighted by atomic mass is 32.2. The molecule has 0 aromatic heterocycles. The van der Waals surface area contributed by atoms with Crippen molar-refractivity contribution in [2.24, 2.45) is 0 Å². The van der Waals surface area contributed by atoms with Crippen LogP contribution in [-0.2, 0) is 11.2 Å². The minimum absolute atomic E-state index is 0.0390. The second-order valence-electron chi connectivity index (χ2n) is 7.11. The Labute approximate surface area is 164 Å². The average molecular weight is 381 g/mol. The van der Waals surface area contributed by atoms with Gasteiger partial charge < -0.3 is 9.80 Å². The van der Waals surface area contributed by atoms with Gasteiger partial charge in [-0.2, -0.15) is 0 Å². The molecule has 2 aromatic rings. The summed E-state index contributed by atoms with van der Waals surface area (Å²) >= 11 is 1.67. The van der Waals surface area contributed by atoms with Gasteiger partial charge >= 0.3 is 0 Å². The van der Waals surface area contributed by atoms with Gasteiger partial charge in [0.1, 0.15) is 5.37 Å². The molecule has 5 heteroatoms. The Bertz CT molecular complexity index is 801. The first-order valence-corrected chi connectivity index (χ1v) is 10.6. The Morgan fingerprint density at radius 3 is 2.41 bits per heavy atom. The fourth-order valence-corrected chi connectivity index (χ4v) is 4.98. The molecular formula is C22H24N2O2S. The molecular weight excluding hydrogens is 356 g/mol. The second kappa shape index (κ2) is 8.17. The average Bonchev–Trinajstić information content (AvgIpc) is 3.37. The number of nitrogens with zero attached hydrogens (tertiary/aromatic N) is 2. The number of hydrogen-bond donors (Lipinski definition) is 0. The maximum absolute atomic E-state index is 12.5. The smallest absolute Gasteiger partial charge is 0.253 e. The van der Waals surface area contributed by atoms with E-state index in [9.17, 15) is 9.59 Å². The molecule has 2 aliphatic heterocycles. The lowest BCUT2D eigenvalue weighted by molar-refractivity contribution is -0.128. The first-order chi connectivity index (χ1) is 13.2. The van der Waals surface area contributed by atoms with E-state index in [1.807, 2.05) is 52.3 Å². The molecule has 0 radical (unpaired) electrons. The van der Waals surface area contributed by atoms with E-state index >= 15 is 0 Å². The van der Waals surface area contributed by atoms with Crippen molar-refractivity contribution in [3.63, 3.8) is 0 Å². The van der Waals surface area contributed by atoms with Gasteiger partial charge in [0.15, 0.2) is 0 Å². The number of benzene rings is 2. The number of hydrogen-bond acceptors (Lipinski definition) is 3. The van der Waals surface area contributed by atoms with Crippen molar-refractivity contribution < 1.29 is 9.59 Å². The van der Waals surface area contributed by atoms with Crippen LogP contribution in [0.3, 0.4) is 0 Å². The third-order valence-corrected chi connectivity index (χ3v) is 6.54. The molecule has 2 aliphatic rings. The SMILES string of the molecule is O=C(c1ccc([C@H]2SCC(=O)N2CCc2ccccc2)cc1)N1CCCC1. The lowest BCUT2D eigenvalue weighted by Gasteiger charge is -2.24. The van der Waals surface area contributed by atoms with Crippen LogP contribution in [0.15, 0.2) is 54.6 Å². The molecule has 2 saturated heterocycles. The zero-order chi connectivity index (χ0) is 18.6. The fraction of sp³-hybridized carbons (Fsp3) is 0.364. The normalized spacial score (nSPS) is 19.7. The molecule has 140 valence electrons. The largest absolute Gasteiger partial charge is 0.339 e. The maximum Gasteiger partial charge on any atom is 0.253 e. The summed E-state index contributed by atoms with van der Waals surface area (Å²) in [5.41, 5.74) is 3.08. The molecule has 0 bridgehead atoms. The molecule has 2 aromatic carbocycles. The third kappa shape index (κ3) is 4.03. The highest BCUT2D eigenvalue weighted by Gasteiger charge is 2.32. The minimum atomic E-state index is 0.0390. The Balaban J connectivity index is 1.44. The van der Waals surface area contributed by atoms with Gasteiger partial charge in [0.25, 0.3) is 5.91 Å². The first-order valence-electron chi connectivity index (χ1n) is 9.56. The Morgan fingerprint density at radius 2 is 1.70 bits per heavy atom. The molecule has 27 heavy (non-hydrogen) atoms. The summed E-state index contributed by atoms with van der Waals surface area (Å²) in [4.78, 5) is 28.8. The zero-order valence-electron chi connectivity index (χ0n) is 15.3. The highest BCUT2D eigenvalue weighted by Crippen LogP contribution is 2.38. The van der Waals surface area contributed by atoms with Gasteiger partial charge in [-0.15, -0.1) is 11.8 Å².